The van der Waals surface area contributed by atoms with E-state index >= 15 is 0 Å². The Morgan fingerprint density at radius 2 is 1.74 bits per heavy atom. The van der Waals surface area contributed by atoms with E-state index in [0.717, 1.165) is 32.1 Å². The minimum absolute atomic E-state index is 0.0458. The molecule has 0 radical (unpaired) electrons. The molecule has 2 aromatic rings. The van der Waals surface area contributed by atoms with Gasteiger partial charge in [0, 0.05) is 12.5 Å². The van der Waals surface area contributed by atoms with Gasteiger partial charge in [0.25, 0.3) is 0 Å². The molecule has 1 aliphatic rings. The summed E-state index contributed by atoms with van der Waals surface area (Å²) >= 11 is 0. The maximum Gasteiger partial charge on any atom is 0.347 e. The Morgan fingerprint density at radius 1 is 1.00 bits per heavy atom. The van der Waals surface area contributed by atoms with Crippen molar-refractivity contribution in [3.63, 3.8) is 0 Å². The number of benzene rings is 1. The van der Waals surface area contributed by atoms with Crippen molar-refractivity contribution in [2.24, 2.45) is 0 Å². The minimum atomic E-state index is -1.65. The van der Waals surface area contributed by atoms with E-state index in [2.05, 4.69) is 6.92 Å². The van der Waals surface area contributed by atoms with Gasteiger partial charge in [0.15, 0.2) is 0 Å². The van der Waals surface area contributed by atoms with Crippen LogP contribution in [0.5, 0.6) is 11.5 Å². The maximum absolute atomic E-state index is 12.7. The molecule has 9 nitrogen and oxygen atoms in total. The summed E-state index contributed by atoms with van der Waals surface area (Å²) in [6, 6.07) is 4.24. The second-order valence-electron chi connectivity index (χ2n) is 7.89. The molecule has 5 atom stereocenters. The number of aromatic hydroxyl groups is 1. The number of phenolic OH excluding ortho intramolecular Hbond substituents is 1. The van der Waals surface area contributed by atoms with Gasteiger partial charge in [-0.15, -0.1) is 0 Å². The van der Waals surface area contributed by atoms with E-state index < -0.39 is 42.9 Å². The molecule has 1 aromatic carbocycles. The summed E-state index contributed by atoms with van der Waals surface area (Å²) in [5.41, 5.74) is -0.666. The fourth-order valence-corrected chi connectivity index (χ4v) is 3.74. The van der Waals surface area contributed by atoms with Gasteiger partial charge in [0.1, 0.15) is 47.1 Å². The lowest BCUT2D eigenvalue weighted by Crippen LogP contribution is -2.60. The molecule has 1 aliphatic heterocycles. The van der Waals surface area contributed by atoms with Crippen molar-refractivity contribution in [3.8, 4) is 11.5 Å². The summed E-state index contributed by atoms with van der Waals surface area (Å²) in [5.74, 6) is 0.215. The van der Waals surface area contributed by atoms with Crippen molar-refractivity contribution in [2.45, 2.75) is 76.2 Å². The predicted octanol–water partition coefficient (Wildman–Crippen LogP) is 1.19. The predicted molar refractivity (Wildman–Crippen MR) is 111 cm³/mol. The molecule has 31 heavy (non-hydrogen) atoms. The number of ether oxygens (including phenoxy) is 2. The van der Waals surface area contributed by atoms with Crippen molar-refractivity contribution in [2.75, 3.05) is 6.61 Å². The largest absolute Gasteiger partial charge is 0.508 e. The molecule has 0 bridgehead atoms. The van der Waals surface area contributed by atoms with Crippen LogP contribution < -0.4 is 10.4 Å². The lowest BCUT2D eigenvalue weighted by atomic mass is 9.99. The molecule has 1 saturated heterocycles. The molecule has 0 spiro atoms. The summed E-state index contributed by atoms with van der Waals surface area (Å²) in [5, 5.41) is 49.9. The molecule has 2 heterocycles. The topological polar surface area (TPSA) is 150 Å². The van der Waals surface area contributed by atoms with Crippen molar-refractivity contribution in [3.05, 3.63) is 34.4 Å². The third-order valence-corrected chi connectivity index (χ3v) is 5.48. The van der Waals surface area contributed by atoms with Crippen LogP contribution in [0.15, 0.2) is 27.4 Å². The van der Waals surface area contributed by atoms with Crippen molar-refractivity contribution in [1.82, 2.24) is 0 Å². The van der Waals surface area contributed by atoms with E-state index in [4.69, 9.17) is 13.9 Å². The van der Waals surface area contributed by atoms with E-state index in [1.807, 2.05) is 0 Å². The van der Waals surface area contributed by atoms with Gasteiger partial charge in [-0.2, -0.15) is 0 Å². The number of aliphatic hydroxyl groups excluding tert-OH is 4. The highest BCUT2D eigenvalue weighted by atomic mass is 16.7. The molecule has 5 N–H and O–H groups in total. The number of hydrogen-bond acceptors (Lipinski definition) is 9. The SMILES string of the molecule is CCCCCCCc1cc2cc(O)cc(O[C@@H]3O[C@H](CO)[C@@H](O)[C@H](O)[C@H]3O)c2c(=O)o1. The third-order valence-electron chi connectivity index (χ3n) is 5.48. The van der Waals surface area contributed by atoms with Gasteiger partial charge < -0.3 is 39.4 Å². The van der Waals surface area contributed by atoms with Crippen LogP contribution in [0.1, 0.15) is 44.8 Å². The highest BCUT2D eigenvalue weighted by molar-refractivity contribution is 5.88. The number of rotatable bonds is 9. The van der Waals surface area contributed by atoms with E-state index in [0.29, 0.717) is 17.6 Å². The van der Waals surface area contributed by atoms with Gasteiger partial charge in [-0.3, -0.25) is 0 Å². The zero-order valence-corrected chi connectivity index (χ0v) is 17.4. The lowest BCUT2D eigenvalue weighted by Gasteiger charge is -2.39. The Balaban J connectivity index is 1.85. The molecule has 172 valence electrons. The second kappa shape index (κ2) is 10.4. The summed E-state index contributed by atoms with van der Waals surface area (Å²) in [6.45, 7) is 1.52. The van der Waals surface area contributed by atoms with Crippen LogP contribution in [0.25, 0.3) is 10.8 Å². The fourth-order valence-electron chi connectivity index (χ4n) is 3.74. The number of aliphatic hydroxyl groups is 4. The molecule has 0 amide bonds. The second-order valence-corrected chi connectivity index (χ2v) is 7.89. The molecule has 1 aromatic heterocycles. The van der Waals surface area contributed by atoms with E-state index in [1.165, 1.54) is 12.1 Å². The van der Waals surface area contributed by atoms with Gasteiger partial charge in [-0.1, -0.05) is 32.6 Å². The molecular formula is C22H30O9. The van der Waals surface area contributed by atoms with Crippen molar-refractivity contribution >= 4 is 10.8 Å². The Labute approximate surface area is 179 Å². The van der Waals surface area contributed by atoms with Crippen LogP contribution in [0.2, 0.25) is 0 Å². The quantitative estimate of drug-likeness (QED) is 0.364. The van der Waals surface area contributed by atoms with Crippen LogP contribution >= 0.6 is 0 Å². The number of aryl methyl sites for hydroxylation is 1. The summed E-state index contributed by atoms with van der Waals surface area (Å²) in [6.07, 6.45) is -1.55. The molecular weight excluding hydrogens is 408 g/mol. The number of fused-ring (bicyclic) bond motifs is 1. The minimum Gasteiger partial charge on any atom is -0.508 e. The monoisotopic (exact) mass is 438 g/mol. The van der Waals surface area contributed by atoms with Crippen LogP contribution in [0, 0.1) is 0 Å². The number of hydrogen-bond donors (Lipinski definition) is 5. The fraction of sp³-hybridized carbons (Fsp3) is 0.591. The first-order chi connectivity index (χ1) is 14.8. The summed E-state index contributed by atoms with van der Waals surface area (Å²) in [7, 11) is 0. The summed E-state index contributed by atoms with van der Waals surface area (Å²) in [4.78, 5) is 12.7. The first-order valence-electron chi connectivity index (χ1n) is 10.6. The van der Waals surface area contributed by atoms with Gasteiger partial charge in [-0.25, -0.2) is 4.79 Å². The number of unbranched alkanes of at least 4 members (excludes halogenated alkanes) is 4. The van der Waals surface area contributed by atoms with Crippen molar-refractivity contribution < 1.29 is 39.4 Å². The average Bonchev–Trinajstić information content (AvgIpc) is 2.73. The van der Waals surface area contributed by atoms with Crippen LogP contribution in [0.3, 0.4) is 0 Å². The molecule has 3 rings (SSSR count). The first kappa shape index (κ1) is 23.5. The third kappa shape index (κ3) is 5.36. The Hall–Kier alpha value is -2.17. The molecule has 0 unspecified atom stereocenters. The summed E-state index contributed by atoms with van der Waals surface area (Å²) < 4.78 is 16.3. The van der Waals surface area contributed by atoms with Gasteiger partial charge >= 0.3 is 5.63 Å². The molecule has 9 heteroatoms. The molecule has 1 fully saturated rings. The van der Waals surface area contributed by atoms with E-state index in [-0.39, 0.29) is 16.9 Å². The smallest absolute Gasteiger partial charge is 0.347 e. The molecule has 0 aliphatic carbocycles. The van der Waals surface area contributed by atoms with Crippen LogP contribution in [-0.4, -0.2) is 62.8 Å². The van der Waals surface area contributed by atoms with Crippen molar-refractivity contribution in [1.29, 1.82) is 0 Å². The van der Waals surface area contributed by atoms with Gasteiger partial charge in [-0.05, 0) is 23.9 Å². The highest BCUT2D eigenvalue weighted by Crippen LogP contribution is 2.32. The number of phenols is 1. The zero-order valence-electron chi connectivity index (χ0n) is 17.4. The first-order valence-corrected chi connectivity index (χ1v) is 10.6. The van der Waals surface area contributed by atoms with Crippen LogP contribution in [0.4, 0.5) is 0 Å². The Kier molecular flexibility index (Phi) is 7.90. The van der Waals surface area contributed by atoms with Crippen LogP contribution in [-0.2, 0) is 11.2 Å². The zero-order chi connectivity index (χ0) is 22.5. The maximum atomic E-state index is 12.7. The average molecular weight is 438 g/mol. The van der Waals surface area contributed by atoms with E-state index in [9.17, 15) is 30.3 Å². The standard InChI is InChI=1S/C22H30O9/c1-2-3-4-5-6-7-14-9-12-8-13(24)10-15(17(12)21(28)29-14)30-22-20(27)19(26)18(25)16(11-23)31-22/h8-10,16,18-20,22-27H,2-7,11H2,1H3/t16-,18-,19+,20-,22-/m1/s1. The Bertz CT molecular complexity index is 923. The van der Waals surface area contributed by atoms with E-state index in [1.54, 1.807) is 6.07 Å². The lowest BCUT2D eigenvalue weighted by molar-refractivity contribution is -0.277. The molecule has 0 saturated carbocycles. The van der Waals surface area contributed by atoms with Gasteiger partial charge in [0.2, 0.25) is 6.29 Å². The normalized spacial score (nSPS) is 26.3. The highest BCUT2D eigenvalue weighted by Gasteiger charge is 2.45. The van der Waals surface area contributed by atoms with Gasteiger partial charge in [0.05, 0.1) is 6.61 Å². The Morgan fingerprint density at radius 3 is 2.45 bits per heavy atom.